The smallest absolute Gasteiger partial charge is 0.324 e. The van der Waals surface area contributed by atoms with Crippen LogP contribution in [0.25, 0.3) is 0 Å². The highest BCUT2D eigenvalue weighted by atomic mass is 16.5. The number of nitriles is 1. The van der Waals surface area contributed by atoms with Crippen LogP contribution in [0.2, 0.25) is 0 Å². The molecule has 1 fully saturated rings. The minimum absolute atomic E-state index is 0.213. The maximum absolute atomic E-state index is 12.0. The maximum Gasteiger partial charge on any atom is 0.324 e. The highest BCUT2D eigenvalue weighted by Crippen LogP contribution is 2.18. The minimum atomic E-state index is -0.307. The van der Waals surface area contributed by atoms with Crippen LogP contribution in [0.15, 0.2) is 30.3 Å². The Morgan fingerprint density at radius 2 is 2.29 bits per heavy atom. The van der Waals surface area contributed by atoms with Gasteiger partial charge in [0.1, 0.15) is 6.04 Å². The molecule has 0 bridgehead atoms. The number of esters is 1. The number of hydrogen-bond acceptors (Lipinski definition) is 5. The van der Waals surface area contributed by atoms with Crippen molar-refractivity contribution in [2.45, 2.75) is 18.9 Å². The van der Waals surface area contributed by atoms with E-state index in [4.69, 9.17) is 4.74 Å². The van der Waals surface area contributed by atoms with Crippen LogP contribution < -0.4 is 5.32 Å². The first-order valence-corrected chi connectivity index (χ1v) is 7.32. The van der Waals surface area contributed by atoms with Crippen LogP contribution in [-0.4, -0.2) is 49.7 Å². The van der Waals surface area contributed by atoms with Crippen LogP contribution in [0.4, 0.5) is 0 Å². The van der Waals surface area contributed by atoms with Crippen LogP contribution >= 0.6 is 0 Å². The fourth-order valence-corrected chi connectivity index (χ4v) is 2.58. The van der Waals surface area contributed by atoms with Gasteiger partial charge in [-0.05, 0) is 12.5 Å². The zero-order chi connectivity index (χ0) is 15.1. The average molecular weight is 287 g/mol. The maximum atomic E-state index is 12.0. The van der Waals surface area contributed by atoms with Gasteiger partial charge < -0.3 is 10.1 Å². The van der Waals surface area contributed by atoms with E-state index in [2.05, 4.69) is 16.3 Å². The SMILES string of the molecule is CCOC(=O)C1CNCCN1CC(C#N)c1ccccc1. The third-order valence-corrected chi connectivity index (χ3v) is 3.69. The van der Waals surface area contributed by atoms with Crippen molar-refractivity contribution >= 4 is 5.97 Å². The number of nitrogens with one attached hydrogen (secondary N) is 1. The predicted molar refractivity (Wildman–Crippen MR) is 79.7 cm³/mol. The minimum Gasteiger partial charge on any atom is -0.465 e. The van der Waals surface area contributed by atoms with Gasteiger partial charge in [-0.3, -0.25) is 9.69 Å². The van der Waals surface area contributed by atoms with Gasteiger partial charge in [0.05, 0.1) is 18.6 Å². The Morgan fingerprint density at radius 1 is 1.52 bits per heavy atom. The highest BCUT2D eigenvalue weighted by molar-refractivity contribution is 5.76. The topological polar surface area (TPSA) is 65.4 Å². The van der Waals surface area contributed by atoms with Crippen molar-refractivity contribution in [2.24, 2.45) is 0 Å². The summed E-state index contributed by atoms with van der Waals surface area (Å²) in [5.74, 6) is -0.448. The second-order valence-corrected chi connectivity index (χ2v) is 5.06. The largest absolute Gasteiger partial charge is 0.465 e. The Bertz CT molecular complexity index is 498. The average Bonchev–Trinajstić information content (AvgIpc) is 2.54. The summed E-state index contributed by atoms with van der Waals surface area (Å²) in [5.41, 5.74) is 0.987. The van der Waals surface area contributed by atoms with E-state index in [1.54, 1.807) is 6.92 Å². The highest BCUT2D eigenvalue weighted by Gasteiger charge is 2.31. The summed E-state index contributed by atoms with van der Waals surface area (Å²) in [6.07, 6.45) is 0. The van der Waals surface area contributed by atoms with Gasteiger partial charge in [-0.2, -0.15) is 5.26 Å². The molecule has 2 unspecified atom stereocenters. The van der Waals surface area contributed by atoms with E-state index in [0.29, 0.717) is 19.7 Å². The van der Waals surface area contributed by atoms with Gasteiger partial charge in [0.2, 0.25) is 0 Å². The third-order valence-electron chi connectivity index (χ3n) is 3.69. The van der Waals surface area contributed by atoms with E-state index >= 15 is 0 Å². The molecule has 1 aliphatic heterocycles. The van der Waals surface area contributed by atoms with Gasteiger partial charge in [-0.1, -0.05) is 30.3 Å². The summed E-state index contributed by atoms with van der Waals surface area (Å²) in [6.45, 7) is 4.87. The van der Waals surface area contributed by atoms with E-state index in [-0.39, 0.29) is 17.9 Å². The number of rotatable bonds is 5. The number of benzene rings is 1. The summed E-state index contributed by atoms with van der Waals surface area (Å²) >= 11 is 0. The number of piperazine rings is 1. The van der Waals surface area contributed by atoms with Crippen molar-refractivity contribution in [3.05, 3.63) is 35.9 Å². The van der Waals surface area contributed by atoms with Crippen molar-refractivity contribution in [1.29, 1.82) is 5.26 Å². The first-order valence-electron chi connectivity index (χ1n) is 7.32. The third kappa shape index (κ3) is 4.03. The molecule has 0 aliphatic carbocycles. The molecule has 1 heterocycles. The summed E-state index contributed by atoms with van der Waals surface area (Å²) in [6, 6.07) is 11.7. The molecular formula is C16H21N3O2. The van der Waals surface area contributed by atoms with Gasteiger partial charge in [0, 0.05) is 26.2 Å². The lowest BCUT2D eigenvalue weighted by molar-refractivity contribution is -0.150. The second kappa shape index (κ2) is 7.77. The van der Waals surface area contributed by atoms with Crippen molar-refractivity contribution in [3.63, 3.8) is 0 Å². The zero-order valence-electron chi connectivity index (χ0n) is 12.3. The van der Waals surface area contributed by atoms with Gasteiger partial charge in [-0.15, -0.1) is 0 Å². The fourth-order valence-electron chi connectivity index (χ4n) is 2.58. The Hall–Kier alpha value is -1.90. The number of carbonyl (C=O) groups excluding carboxylic acids is 1. The van der Waals surface area contributed by atoms with Crippen molar-refractivity contribution in [2.75, 3.05) is 32.8 Å². The molecule has 112 valence electrons. The molecule has 0 radical (unpaired) electrons. The lowest BCUT2D eigenvalue weighted by Crippen LogP contribution is -2.56. The normalized spacial score (nSPS) is 20.5. The molecule has 21 heavy (non-hydrogen) atoms. The first kappa shape index (κ1) is 15.5. The van der Waals surface area contributed by atoms with Crippen LogP contribution in [0.3, 0.4) is 0 Å². The quantitative estimate of drug-likeness (QED) is 0.822. The monoisotopic (exact) mass is 287 g/mol. The Morgan fingerprint density at radius 3 is 2.95 bits per heavy atom. The molecule has 5 heteroatoms. The number of ether oxygens (including phenoxy) is 1. The summed E-state index contributed by atoms with van der Waals surface area (Å²) in [5, 5.41) is 12.6. The van der Waals surface area contributed by atoms with Gasteiger partial charge in [0.15, 0.2) is 0 Å². The van der Waals surface area contributed by atoms with E-state index in [1.165, 1.54) is 0 Å². The van der Waals surface area contributed by atoms with Crippen LogP contribution in [0.5, 0.6) is 0 Å². The Labute approximate surface area is 125 Å². The van der Waals surface area contributed by atoms with Crippen LogP contribution in [0.1, 0.15) is 18.4 Å². The van der Waals surface area contributed by atoms with E-state index < -0.39 is 0 Å². The Balaban J connectivity index is 2.07. The first-order chi connectivity index (χ1) is 10.3. The van der Waals surface area contributed by atoms with Crippen molar-refractivity contribution in [3.8, 4) is 6.07 Å². The van der Waals surface area contributed by atoms with Gasteiger partial charge in [0.25, 0.3) is 0 Å². The van der Waals surface area contributed by atoms with E-state index in [9.17, 15) is 10.1 Å². The molecule has 5 nitrogen and oxygen atoms in total. The molecule has 1 saturated heterocycles. The van der Waals surface area contributed by atoms with Crippen LogP contribution in [0, 0.1) is 11.3 Å². The molecule has 1 aromatic carbocycles. The van der Waals surface area contributed by atoms with E-state index in [0.717, 1.165) is 18.7 Å². The lowest BCUT2D eigenvalue weighted by atomic mass is 9.99. The lowest BCUT2D eigenvalue weighted by Gasteiger charge is -2.35. The number of hydrogen-bond donors (Lipinski definition) is 1. The molecule has 0 saturated carbocycles. The molecule has 1 N–H and O–H groups in total. The molecule has 2 atom stereocenters. The second-order valence-electron chi connectivity index (χ2n) is 5.06. The molecule has 2 rings (SSSR count). The molecule has 0 amide bonds. The molecule has 1 aliphatic rings. The summed E-state index contributed by atoms with van der Waals surface area (Å²) in [7, 11) is 0. The molecule has 0 spiro atoms. The molecule has 1 aromatic rings. The summed E-state index contributed by atoms with van der Waals surface area (Å²) < 4.78 is 5.13. The zero-order valence-corrected chi connectivity index (χ0v) is 12.3. The summed E-state index contributed by atoms with van der Waals surface area (Å²) in [4.78, 5) is 14.1. The number of nitrogens with zero attached hydrogens (tertiary/aromatic N) is 2. The van der Waals surface area contributed by atoms with E-state index in [1.807, 2.05) is 30.3 Å². The Kier molecular flexibility index (Phi) is 5.73. The van der Waals surface area contributed by atoms with Crippen molar-refractivity contribution in [1.82, 2.24) is 10.2 Å². The fraction of sp³-hybridized carbons (Fsp3) is 0.500. The predicted octanol–water partition coefficient (Wildman–Crippen LogP) is 1.13. The standard InChI is InChI=1S/C16H21N3O2/c1-2-21-16(20)15-11-18-8-9-19(15)12-14(10-17)13-6-4-3-5-7-13/h3-7,14-15,18H,2,8-9,11-12H2,1H3. The van der Waals surface area contributed by atoms with Gasteiger partial charge >= 0.3 is 5.97 Å². The molecular weight excluding hydrogens is 266 g/mol. The van der Waals surface area contributed by atoms with Crippen LogP contribution in [-0.2, 0) is 9.53 Å². The van der Waals surface area contributed by atoms with Crippen molar-refractivity contribution < 1.29 is 9.53 Å². The molecule has 0 aromatic heterocycles. The van der Waals surface area contributed by atoms with Gasteiger partial charge in [-0.25, -0.2) is 0 Å². The number of carbonyl (C=O) groups is 1.